The molecule has 0 aromatic rings. The summed E-state index contributed by atoms with van der Waals surface area (Å²) in [7, 11) is 0. The molecule has 3 saturated heterocycles. The van der Waals surface area contributed by atoms with Gasteiger partial charge in [0, 0.05) is 6.42 Å². The van der Waals surface area contributed by atoms with Gasteiger partial charge in [0.15, 0.2) is 18.9 Å². The molecule has 17 atom stereocenters. The van der Waals surface area contributed by atoms with E-state index in [1.807, 2.05) is 6.08 Å². The highest BCUT2D eigenvalue weighted by Gasteiger charge is 2.53. The van der Waals surface area contributed by atoms with E-state index in [0.29, 0.717) is 6.42 Å². The first kappa shape index (κ1) is 77.5. The predicted molar refractivity (Wildman–Crippen MR) is 328 cm³/mol. The van der Waals surface area contributed by atoms with E-state index in [0.717, 1.165) is 57.8 Å². The second kappa shape index (κ2) is 49.0. The number of nitrogens with one attached hydrogen (secondary N) is 1. The van der Waals surface area contributed by atoms with Gasteiger partial charge in [0.1, 0.15) is 73.2 Å². The number of aliphatic hydroxyl groups is 11. The maximum atomic E-state index is 13.4. The molecule has 17 unspecified atom stereocenters. The summed E-state index contributed by atoms with van der Waals surface area (Å²) in [6.45, 7) is 1.75. The molecule has 12 N–H and O–H groups in total. The van der Waals surface area contributed by atoms with Gasteiger partial charge in [-0.05, 0) is 44.9 Å². The van der Waals surface area contributed by atoms with Gasteiger partial charge in [-0.1, -0.05) is 231 Å². The van der Waals surface area contributed by atoms with Crippen LogP contribution in [0.2, 0.25) is 0 Å². The standard InChI is InChI=1S/C66H123NO18/c1-3-5-7-9-11-13-15-17-19-21-23-24-25-26-27-29-31-33-35-37-39-41-43-50(71)49(67-54(72)44-42-40-38-36-34-32-30-28-22-20-18-16-14-12-10-8-6-4-2)48-80-64-60(78)57(75)62(52(46-69)82-64)85-66-61(79)58(76)63(53(47-70)83-66)84-65-59(77)56(74)55(73)51(45-68)81-65/h20,22,41,43,49-53,55-66,68-71,73-79H,3-19,21,23-40,42,44-48H2,1-2H3,(H,67,72)/b22-20-,43-41+. The molecule has 0 aliphatic carbocycles. The Morgan fingerprint density at radius 3 is 1.14 bits per heavy atom. The minimum Gasteiger partial charge on any atom is -0.394 e. The Bertz CT molecular complexity index is 1640. The van der Waals surface area contributed by atoms with Crippen LogP contribution in [0.4, 0.5) is 0 Å². The topological polar surface area (TPSA) is 307 Å². The van der Waals surface area contributed by atoms with Gasteiger partial charge in [-0.3, -0.25) is 4.79 Å². The fourth-order valence-corrected chi connectivity index (χ4v) is 11.7. The van der Waals surface area contributed by atoms with E-state index >= 15 is 0 Å². The van der Waals surface area contributed by atoms with Crippen molar-refractivity contribution in [2.24, 2.45) is 0 Å². The highest BCUT2D eigenvalue weighted by Crippen LogP contribution is 2.33. The van der Waals surface area contributed by atoms with E-state index in [1.165, 1.54) is 173 Å². The van der Waals surface area contributed by atoms with Gasteiger partial charge in [-0.15, -0.1) is 0 Å². The normalized spacial score (nSPS) is 29.1. The number of hydrogen-bond donors (Lipinski definition) is 12. The smallest absolute Gasteiger partial charge is 0.220 e. The quantitative estimate of drug-likeness (QED) is 0.0201. The average Bonchev–Trinajstić information content (AvgIpc) is 3.07. The van der Waals surface area contributed by atoms with Crippen LogP contribution in [0.25, 0.3) is 0 Å². The van der Waals surface area contributed by atoms with Crippen molar-refractivity contribution in [3.63, 3.8) is 0 Å². The monoisotopic (exact) mass is 1220 g/mol. The van der Waals surface area contributed by atoms with Crippen molar-refractivity contribution in [2.75, 3.05) is 26.4 Å². The molecular formula is C66H123NO18. The molecule has 0 aromatic carbocycles. The van der Waals surface area contributed by atoms with Gasteiger partial charge in [0.25, 0.3) is 0 Å². The molecule has 3 fully saturated rings. The number of unbranched alkanes of at least 4 members (excludes halogenated alkanes) is 34. The van der Waals surface area contributed by atoms with E-state index < -0.39 is 124 Å². The van der Waals surface area contributed by atoms with Crippen molar-refractivity contribution in [3.8, 4) is 0 Å². The van der Waals surface area contributed by atoms with Crippen LogP contribution in [0.5, 0.6) is 0 Å². The van der Waals surface area contributed by atoms with Gasteiger partial charge in [0.05, 0.1) is 38.6 Å². The summed E-state index contributed by atoms with van der Waals surface area (Å²) >= 11 is 0. The molecule has 500 valence electrons. The second-order valence-corrected chi connectivity index (χ2v) is 24.6. The summed E-state index contributed by atoms with van der Waals surface area (Å²) in [5.41, 5.74) is 0. The van der Waals surface area contributed by atoms with Crippen molar-refractivity contribution in [1.82, 2.24) is 5.32 Å². The lowest BCUT2D eigenvalue weighted by Gasteiger charge is -2.48. The van der Waals surface area contributed by atoms with Crippen LogP contribution in [0.1, 0.15) is 258 Å². The van der Waals surface area contributed by atoms with Gasteiger partial charge >= 0.3 is 0 Å². The maximum Gasteiger partial charge on any atom is 0.220 e. The van der Waals surface area contributed by atoms with Crippen LogP contribution >= 0.6 is 0 Å². The number of rotatable bonds is 52. The summed E-state index contributed by atoms with van der Waals surface area (Å²) in [5.74, 6) is -0.277. The van der Waals surface area contributed by atoms with Crippen LogP contribution < -0.4 is 5.32 Å². The third-order valence-electron chi connectivity index (χ3n) is 17.2. The van der Waals surface area contributed by atoms with Crippen LogP contribution in [0.15, 0.2) is 24.3 Å². The molecule has 3 heterocycles. The largest absolute Gasteiger partial charge is 0.394 e. The van der Waals surface area contributed by atoms with Gasteiger partial charge in [-0.25, -0.2) is 0 Å². The Morgan fingerprint density at radius 1 is 0.412 bits per heavy atom. The van der Waals surface area contributed by atoms with Crippen molar-refractivity contribution in [3.05, 3.63) is 24.3 Å². The zero-order valence-electron chi connectivity index (χ0n) is 52.6. The zero-order valence-corrected chi connectivity index (χ0v) is 52.6. The van der Waals surface area contributed by atoms with Crippen LogP contribution in [0, 0.1) is 0 Å². The van der Waals surface area contributed by atoms with Gasteiger partial charge in [-0.2, -0.15) is 0 Å². The summed E-state index contributed by atoms with van der Waals surface area (Å²) in [6, 6.07) is -0.974. The number of hydrogen-bond acceptors (Lipinski definition) is 18. The van der Waals surface area contributed by atoms with Crippen molar-refractivity contribution < 1.29 is 89.4 Å². The van der Waals surface area contributed by atoms with Crippen LogP contribution in [-0.2, 0) is 33.2 Å². The molecule has 0 saturated carbocycles. The lowest BCUT2D eigenvalue weighted by atomic mass is 9.96. The summed E-state index contributed by atoms with van der Waals surface area (Å²) in [4.78, 5) is 13.4. The summed E-state index contributed by atoms with van der Waals surface area (Å²) in [6.07, 6.45) is 27.2. The Balaban J connectivity index is 1.46. The van der Waals surface area contributed by atoms with E-state index in [2.05, 4.69) is 31.3 Å². The molecule has 1 amide bonds. The first-order valence-corrected chi connectivity index (χ1v) is 34.1. The number of carbonyl (C=O) groups excluding carboxylic acids is 1. The van der Waals surface area contributed by atoms with Crippen molar-refractivity contribution in [2.45, 2.75) is 362 Å². The van der Waals surface area contributed by atoms with Crippen LogP contribution in [-0.4, -0.2) is 193 Å². The first-order valence-electron chi connectivity index (χ1n) is 34.1. The highest BCUT2D eigenvalue weighted by molar-refractivity contribution is 5.76. The molecule has 19 heteroatoms. The average molecular weight is 1220 g/mol. The lowest BCUT2D eigenvalue weighted by molar-refractivity contribution is -0.379. The highest BCUT2D eigenvalue weighted by atomic mass is 16.8. The molecule has 0 radical (unpaired) electrons. The number of allylic oxidation sites excluding steroid dienone is 3. The Hall–Kier alpha value is -1.73. The summed E-state index contributed by atoms with van der Waals surface area (Å²) in [5, 5.41) is 120. The maximum absolute atomic E-state index is 13.4. The number of aliphatic hydroxyl groups excluding tert-OH is 11. The lowest BCUT2D eigenvalue weighted by Crippen LogP contribution is -2.66. The third kappa shape index (κ3) is 31.7. The molecule has 3 aliphatic rings. The minimum atomic E-state index is -1.98. The number of amides is 1. The van der Waals surface area contributed by atoms with E-state index in [4.69, 9.17) is 28.4 Å². The molecule has 0 bridgehead atoms. The van der Waals surface area contributed by atoms with Crippen molar-refractivity contribution in [1.29, 1.82) is 0 Å². The third-order valence-corrected chi connectivity index (χ3v) is 17.2. The second-order valence-electron chi connectivity index (χ2n) is 24.6. The SMILES string of the molecule is CCCCCCCCC/C=C\CCCCCCCCCC(=O)NC(COC1OC(CO)C(OC2OC(CO)C(OC3OC(CO)C(O)C(O)C3O)C(O)C2O)C(O)C1O)C(O)/C=C/CCCCCCCCCCCCCCCCCCCCCC. The zero-order chi connectivity index (χ0) is 61.9. The molecule has 3 aliphatic heterocycles. The Kier molecular flexibility index (Phi) is 44.7. The molecule has 0 aromatic heterocycles. The number of ether oxygens (including phenoxy) is 6. The van der Waals surface area contributed by atoms with Gasteiger partial charge in [0.2, 0.25) is 5.91 Å². The molecule has 0 spiro atoms. The fourth-order valence-electron chi connectivity index (χ4n) is 11.7. The summed E-state index contributed by atoms with van der Waals surface area (Å²) < 4.78 is 34.3. The number of carbonyl (C=O) groups is 1. The molecule has 19 nitrogen and oxygen atoms in total. The van der Waals surface area contributed by atoms with Gasteiger partial charge < -0.3 is 89.9 Å². The van der Waals surface area contributed by atoms with E-state index in [9.17, 15) is 61.0 Å². The molecule has 85 heavy (non-hydrogen) atoms. The Labute approximate surface area is 511 Å². The molecule has 3 rings (SSSR count). The minimum absolute atomic E-state index is 0.240. The van der Waals surface area contributed by atoms with E-state index in [1.54, 1.807) is 6.08 Å². The van der Waals surface area contributed by atoms with E-state index in [-0.39, 0.29) is 18.9 Å². The van der Waals surface area contributed by atoms with Crippen molar-refractivity contribution >= 4 is 5.91 Å². The fraction of sp³-hybridized carbons (Fsp3) is 0.924. The Morgan fingerprint density at radius 2 is 0.741 bits per heavy atom. The molecular weight excluding hydrogens is 1090 g/mol. The predicted octanol–water partition coefficient (Wildman–Crippen LogP) is 8.27. The first-order chi connectivity index (χ1) is 41.3. The van der Waals surface area contributed by atoms with Crippen LogP contribution in [0.3, 0.4) is 0 Å².